The first kappa shape index (κ1) is 32.6. The standard InChI is InChI=1S/C36H41Cl2N5O3S/c1-23-40-30-9-5-6-10-31(30)43(23)28-21-26-11-12-27(22-28)42(26)20-19-36(24-7-3-2-4-8-24)17-15-25(16-18-36)41-35(44)33-29(37)13-14-32(34(33)38)47(39,45)46/h2-10,13-14,25-28H,11-12,15-22H2,1H3,(H,41,44)(H2,39,45,46). The van der Waals surface area contributed by atoms with Crippen LogP contribution in [0.5, 0.6) is 0 Å². The van der Waals surface area contributed by atoms with Gasteiger partial charge < -0.3 is 9.88 Å². The molecular formula is C36H41Cl2N5O3S. The van der Waals surface area contributed by atoms with E-state index in [1.54, 1.807) is 0 Å². The van der Waals surface area contributed by atoms with Gasteiger partial charge in [0, 0.05) is 24.2 Å². The van der Waals surface area contributed by atoms with Crippen LogP contribution >= 0.6 is 23.2 Å². The highest BCUT2D eigenvalue weighted by molar-refractivity contribution is 7.89. The number of nitrogens with one attached hydrogen (secondary N) is 1. The molecule has 11 heteroatoms. The predicted octanol–water partition coefficient (Wildman–Crippen LogP) is 7.17. The van der Waals surface area contributed by atoms with Crippen LogP contribution in [-0.2, 0) is 15.4 Å². The van der Waals surface area contributed by atoms with E-state index in [2.05, 4.69) is 76.3 Å². The molecule has 0 spiro atoms. The zero-order valence-corrected chi connectivity index (χ0v) is 28.9. The molecule has 2 saturated heterocycles. The van der Waals surface area contributed by atoms with Crippen LogP contribution in [0, 0.1) is 6.92 Å². The van der Waals surface area contributed by atoms with Gasteiger partial charge in [0.15, 0.2) is 0 Å². The van der Waals surface area contributed by atoms with Crippen LogP contribution < -0.4 is 10.5 Å². The number of carbonyl (C=O) groups excluding carboxylic acids is 1. The first-order valence-electron chi connectivity index (χ1n) is 16.6. The lowest BCUT2D eigenvalue weighted by molar-refractivity contribution is 0.0851. The van der Waals surface area contributed by atoms with E-state index in [-0.39, 0.29) is 32.0 Å². The van der Waals surface area contributed by atoms with Crippen molar-refractivity contribution in [3.8, 4) is 0 Å². The third kappa shape index (κ3) is 6.21. The van der Waals surface area contributed by atoms with Gasteiger partial charge in [-0.2, -0.15) is 0 Å². The summed E-state index contributed by atoms with van der Waals surface area (Å²) in [5.74, 6) is 0.626. The van der Waals surface area contributed by atoms with Gasteiger partial charge in [0.25, 0.3) is 5.91 Å². The number of amides is 1. The van der Waals surface area contributed by atoms with Crippen LogP contribution in [0.15, 0.2) is 71.6 Å². The van der Waals surface area contributed by atoms with Crippen LogP contribution in [0.2, 0.25) is 10.0 Å². The Bertz CT molecular complexity index is 1890. The molecule has 1 saturated carbocycles. The summed E-state index contributed by atoms with van der Waals surface area (Å²) in [4.78, 5) is 20.7. The number of primary sulfonamides is 1. The van der Waals surface area contributed by atoms with Crippen LogP contribution in [0.1, 0.15) is 85.6 Å². The number of imidazole rings is 1. The van der Waals surface area contributed by atoms with Crippen molar-refractivity contribution in [3.05, 3.63) is 93.7 Å². The molecule has 7 rings (SSSR count). The molecule has 2 aliphatic heterocycles. The Balaban J connectivity index is 1.04. The fraction of sp³-hybridized carbons (Fsp3) is 0.444. The average molecular weight is 695 g/mol. The molecule has 0 radical (unpaired) electrons. The van der Waals surface area contributed by atoms with Gasteiger partial charge in [-0.3, -0.25) is 9.69 Å². The molecule has 2 bridgehead atoms. The quantitative estimate of drug-likeness (QED) is 0.203. The van der Waals surface area contributed by atoms with Crippen molar-refractivity contribution in [2.75, 3.05) is 6.54 Å². The molecule has 2 atom stereocenters. The number of rotatable bonds is 8. The first-order chi connectivity index (χ1) is 22.5. The number of nitrogens with two attached hydrogens (primary N) is 1. The van der Waals surface area contributed by atoms with Gasteiger partial charge in [-0.05, 0) is 106 Å². The summed E-state index contributed by atoms with van der Waals surface area (Å²) >= 11 is 12.7. The Kier molecular flexibility index (Phi) is 8.89. The Morgan fingerprint density at radius 3 is 2.28 bits per heavy atom. The molecule has 3 aliphatic rings. The number of nitrogens with zero attached hydrogens (tertiary/aromatic N) is 3. The molecule has 248 valence electrons. The Hall–Kier alpha value is -2.95. The second-order valence-corrected chi connectivity index (χ2v) is 16.0. The number of aryl methyl sites for hydroxylation is 1. The van der Waals surface area contributed by atoms with E-state index in [1.807, 2.05) is 0 Å². The van der Waals surface area contributed by atoms with Crippen LogP contribution in [-0.4, -0.2) is 53.4 Å². The molecule has 8 nitrogen and oxygen atoms in total. The smallest absolute Gasteiger partial charge is 0.254 e. The summed E-state index contributed by atoms with van der Waals surface area (Å²) < 4.78 is 26.5. The van der Waals surface area contributed by atoms with E-state index in [0.717, 1.165) is 62.8 Å². The predicted molar refractivity (Wildman–Crippen MR) is 187 cm³/mol. The highest BCUT2D eigenvalue weighted by Crippen LogP contribution is 2.46. The van der Waals surface area contributed by atoms with Crippen LogP contribution in [0.3, 0.4) is 0 Å². The third-order valence-electron chi connectivity index (χ3n) is 11.1. The maximum Gasteiger partial charge on any atom is 0.254 e. The SMILES string of the molecule is Cc1nc2ccccc2n1C1CC2CCC(C1)N2CCC1(c2ccccc2)CCC(NC(=O)c2c(Cl)ccc(S(N)(=O)=O)c2Cl)CC1. The zero-order valence-electron chi connectivity index (χ0n) is 26.5. The van der Waals surface area contributed by atoms with Crippen LogP contribution in [0.25, 0.3) is 11.0 Å². The van der Waals surface area contributed by atoms with Gasteiger partial charge in [-0.25, -0.2) is 18.5 Å². The maximum atomic E-state index is 13.4. The zero-order chi connectivity index (χ0) is 32.9. The second-order valence-electron chi connectivity index (χ2n) is 13.7. The fourth-order valence-electron chi connectivity index (χ4n) is 8.80. The minimum atomic E-state index is -4.11. The molecule has 47 heavy (non-hydrogen) atoms. The Morgan fingerprint density at radius 1 is 0.936 bits per heavy atom. The highest BCUT2D eigenvalue weighted by Gasteiger charge is 2.44. The number of fused-ring (bicyclic) bond motifs is 3. The molecule has 4 aromatic rings. The van der Waals surface area contributed by atoms with Gasteiger partial charge in [0.1, 0.15) is 10.7 Å². The maximum absolute atomic E-state index is 13.4. The van der Waals surface area contributed by atoms with Crippen molar-refractivity contribution in [3.63, 3.8) is 0 Å². The van der Waals surface area contributed by atoms with E-state index in [1.165, 1.54) is 36.1 Å². The summed E-state index contributed by atoms with van der Waals surface area (Å²) in [5.41, 5.74) is 3.65. The van der Waals surface area contributed by atoms with Crippen molar-refractivity contribution in [1.29, 1.82) is 0 Å². The van der Waals surface area contributed by atoms with Gasteiger partial charge in [-0.15, -0.1) is 0 Å². The lowest BCUT2D eigenvalue weighted by Gasteiger charge is -2.45. The van der Waals surface area contributed by atoms with E-state index in [0.29, 0.717) is 18.1 Å². The molecule has 3 N–H and O–H groups in total. The lowest BCUT2D eigenvalue weighted by Crippen LogP contribution is -2.47. The number of halogens is 2. The summed E-state index contributed by atoms with van der Waals surface area (Å²) in [6.07, 6.45) is 9.34. The number of carbonyl (C=O) groups is 1. The summed E-state index contributed by atoms with van der Waals surface area (Å²) in [5, 5.41) is 8.24. The summed E-state index contributed by atoms with van der Waals surface area (Å²) in [7, 11) is -4.11. The minimum absolute atomic E-state index is 0.0126. The molecule has 1 amide bonds. The molecule has 2 unspecified atom stereocenters. The first-order valence-corrected chi connectivity index (χ1v) is 18.9. The van der Waals surface area contributed by atoms with E-state index in [4.69, 9.17) is 33.3 Å². The minimum Gasteiger partial charge on any atom is -0.349 e. The normalized spacial score (nSPS) is 26.5. The van der Waals surface area contributed by atoms with Crippen molar-refractivity contribution in [2.45, 2.75) is 99.2 Å². The van der Waals surface area contributed by atoms with Gasteiger partial charge in [0.05, 0.1) is 26.6 Å². The molecule has 1 aromatic heterocycles. The lowest BCUT2D eigenvalue weighted by atomic mass is 9.66. The fourth-order valence-corrected chi connectivity index (χ4v) is 10.3. The van der Waals surface area contributed by atoms with Gasteiger partial charge >= 0.3 is 0 Å². The number of hydrogen-bond acceptors (Lipinski definition) is 5. The molecule has 3 aromatic carbocycles. The number of piperidine rings is 1. The second kappa shape index (κ2) is 12.8. The number of sulfonamides is 1. The topological polar surface area (TPSA) is 110 Å². The van der Waals surface area contributed by atoms with Crippen molar-refractivity contribution < 1.29 is 13.2 Å². The van der Waals surface area contributed by atoms with Gasteiger partial charge in [-0.1, -0.05) is 65.7 Å². The number of benzene rings is 3. The summed E-state index contributed by atoms with van der Waals surface area (Å²) in [6.45, 7) is 3.20. The van der Waals surface area contributed by atoms with E-state index >= 15 is 0 Å². The Morgan fingerprint density at radius 2 is 1.60 bits per heavy atom. The molecular weight excluding hydrogens is 653 g/mol. The monoisotopic (exact) mass is 693 g/mol. The third-order valence-corrected chi connectivity index (χ3v) is 12.9. The largest absolute Gasteiger partial charge is 0.349 e. The number of para-hydroxylation sites is 2. The van der Waals surface area contributed by atoms with Crippen LogP contribution in [0.4, 0.5) is 0 Å². The molecule has 3 fully saturated rings. The summed E-state index contributed by atoms with van der Waals surface area (Å²) in [6, 6.07) is 23.4. The van der Waals surface area contributed by atoms with Gasteiger partial charge in [0.2, 0.25) is 10.0 Å². The average Bonchev–Trinajstić information content (AvgIpc) is 3.50. The van der Waals surface area contributed by atoms with E-state index < -0.39 is 15.9 Å². The molecule has 3 heterocycles. The van der Waals surface area contributed by atoms with Crippen molar-refractivity contribution in [2.24, 2.45) is 5.14 Å². The van der Waals surface area contributed by atoms with Crippen molar-refractivity contribution in [1.82, 2.24) is 19.8 Å². The number of aromatic nitrogens is 2. The molecule has 1 aliphatic carbocycles. The highest BCUT2D eigenvalue weighted by atomic mass is 35.5. The number of hydrogen-bond donors (Lipinski definition) is 2. The van der Waals surface area contributed by atoms with E-state index in [9.17, 15) is 13.2 Å². The van der Waals surface area contributed by atoms with Crippen molar-refractivity contribution >= 4 is 50.2 Å². The Labute approximate surface area is 286 Å².